The molecule has 0 aromatic heterocycles. The number of rotatable bonds is 9. The Bertz CT molecular complexity index is 151. The van der Waals surface area contributed by atoms with E-state index in [0.29, 0.717) is 19.6 Å². The molecule has 0 unspecified atom stereocenters. The monoisotopic (exact) mass is 183 g/mol. The molecule has 0 aromatic carbocycles. The molecular weight excluding hydrogens is 166 g/mol. The van der Waals surface area contributed by atoms with Crippen molar-refractivity contribution < 1.29 is 9.53 Å². The van der Waals surface area contributed by atoms with Gasteiger partial charge in [0.05, 0.1) is 6.61 Å². The van der Waals surface area contributed by atoms with E-state index in [4.69, 9.17) is 11.2 Å². The van der Waals surface area contributed by atoms with Gasteiger partial charge in [0.1, 0.15) is 6.29 Å². The minimum absolute atomic E-state index is 0.491. The van der Waals surface area contributed by atoms with Crippen molar-refractivity contribution in [1.29, 1.82) is 0 Å². The zero-order valence-corrected chi connectivity index (χ0v) is 7.92. The summed E-state index contributed by atoms with van der Waals surface area (Å²) in [5.74, 6) is 2.55. The third kappa shape index (κ3) is 11.1. The average molecular weight is 183 g/mol. The van der Waals surface area contributed by atoms with Crippen molar-refractivity contribution in [2.45, 2.75) is 19.3 Å². The van der Waals surface area contributed by atoms with Crippen molar-refractivity contribution in [3.05, 3.63) is 0 Å². The summed E-state index contributed by atoms with van der Waals surface area (Å²) in [5.41, 5.74) is 0. The Morgan fingerprint density at radius 2 is 2.23 bits per heavy atom. The molecule has 0 saturated carbocycles. The minimum Gasteiger partial charge on any atom is -0.381 e. The predicted octanol–water partition coefficient (Wildman–Crippen LogP) is 0.595. The summed E-state index contributed by atoms with van der Waals surface area (Å²) in [5, 5.41) is 3.19. The summed E-state index contributed by atoms with van der Waals surface area (Å²) >= 11 is 0. The van der Waals surface area contributed by atoms with Crippen molar-refractivity contribution in [2.24, 2.45) is 0 Å². The molecule has 0 aliphatic heterocycles. The lowest BCUT2D eigenvalue weighted by Crippen LogP contribution is -2.17. The number of hydrogen-bond donors (Lipinski definition) is 1. The van der Waals surface area contributed by atoms with Gasteiger partial charge in [-0.3, -0.25) is 0 Å². The zero-order valence-electron chi connectivity index (χ0n) is 7.92. The first-order valence-corrected chi connectivity index (χ1v) is 4.57. The van der Waals surface area contributed by atoms with Gasteiger partial charge in [-0.05, 0) is 13.0 Å². The van der Waals surface area contributed by atoms with Crippen LogP contribution in [0.5, 0.6) is 0 Å². The fourth-order valence-corrected chi connectivity index (χ4v) is 0.818. The van der Waals surface area contributed by atoms with Gasteiger partial charge in [-0.15, -0.1) is 12.3 Å². The van der Waals surface area contributed by atoms with E-state index >= 15 is 0 Å². The zero-order chi connectivity index (χ0) is 9.78. The quantitative estimate of drug-likeness (QED) is 0.323. The largest absolute Gasteiger partial charge is 0.381 e. The van der Waals surface area contributed by atoms with Gasteiger partial charge in [0.25, 0.3) is 0 Å². The van der Waals surface area contributed by atoms with E-state index in [9.17, 15) is 4.79 Å². The van der Waals surface area contributed by atoms with Gasteiger partial charge in [0, 0.05) is 26.0 Å². The highest BCUT2D eigenvalue weighted by Crippen LogP contribution is 1.83. The summed E-state index contributed by atoms with van der Waals surface area (Å²) in [4.78, 5) is 9.90. The maximum atomic E-state index is 9.90. The molecule has 0 rings (SSSR count). The molecule has 0 saturated heterocycles. The van der Waals surface area contributed by atoms with E-state index in [1.165, 1.54) is 0 Å². The second kappa shape index (κ2) is 11.2. The van der Waals surface area contributed by atoms with Crippen LogP contribution in [0.2, 0.25) is 0 Å². The molecule has 13 heavy (non-hydrogen) atoms. The van der Waals surface area contributed by atoms with Crippen LogP contribution < -0.4 is 5.32 Å². The van der Waals surface area contributed by atoms with Gasteiger partial charge in [0.2, 0.25) is 0 Å². The third-order valence-corrected chi connectivity index (χ3v) is 1.47. The lowest BCUT2D eigenvalue weighted by Gasteiger charge is -2.02. The summed E-state index contributed by atoms with van der Waals surface area (Å²) in [6.45, 7) is 3.03. The van der Waals surface area contributed by atoms with Gasteiger partial charge >= 0.3 is 0 Å². The van der Waals surface area contributed by atoms with Crippen molar-refractivity contribution in [3.8, 4) is 12.3 Å². The molecule has 3 heteroatoms. The van der Waals surface area contributed by atoms with Crippen LogP contribution in [0.25, 0.3) is 0 Å². The Kier molecular flexibility index (Phi) is 10.4. The van der Waals surface area contributed by atoms with Crippen LogP contribution in [0, 0.1) is 12.3 Å². The minimum atomic E-state index is 0.491. The third-order valence-electron chi connectivity index (χ3n) is 1.47. The van der Waals surface area contributed by atoms with Crippen LogP contribution in [-0.4, -0.2) is 32.6 Å². The van der Waals surface area contributed by atoms with E-state index in [0.717, 1.165) is 32.2 Å². The second-order valence-corrected chi connectivity index (χ2v) is 2.63. The second-order valence-electron chi connectivity index (χ2n) is 2.63. The number of carbonyl (C=O) groups is 1. The van der Waals surface area contributed by atoms with E-state index in [1.54, 1.807) is 0 Å². The average Bonchev–Trinajstić information content (AvgIpc) is 2.16. The molecule has 1 N–H and O–H groups in total. The fourth-order valence-electron chi connectivity index (χ4n) is 0.818. The van der Waals surface area contributed by atoms with Gasteiger partial charge in [-0.2, -0.15) is 0 Å². The number of terminal acetylenes is 1. The van der Waals surface area contributed by atoms with Gasteiger partial charge in [0.15, 0.2) is 0 Å². The lowest BCUT2D eigenvalue weighted by atomic mass is 10.4. The highest BCUT2D eigenvalue weighted by molar-refractivity contribution is 5.49. The topological polar surface area (TPSA) is 38.3 Å². The van der Waals surface area contributed by atoms with Crippen molar-refractivity contribution in [2.75, 3.05) is 26.3 Å². The molecule has 0 heterocycles. The first-order valence-electron chi connectivity index (χ1n) is 4.57. The predicted molar refractivity (Wildman–Crippen MR) is 52.4 cm³/mol. The van der Waals surface area contributed by atoms with Gasteiger partial charge in [-0.1, -0.05) is 0 Å². The summed E-state index contributed by atoms with van der Waals surface area (Å²) in [7, 11) is 0. The molecule has 0 aliphatic carbocycles. The van der Waals surface area contributed by atoms with E-state index in [-0.39, 0.29) is 0 Å². The highest BCUT2D eigenvalue weighted by Gasteiger charge is 1.88. The molecule has 74 valence electrons. The lowest BCUT2D eigenvalue weighted by molar-refractivity contribution is -0.108. The van der Waals surface area contributed by atoms with Gasteiger partial charge in [-0.25, -0.2) is 0 Å². The van der Waals surface area contributed by atoms with Crippen molar-refractivity contribution in [3.63, 3.8) is 0 Å². The number of aldehydes is 1. The Morgan fingerprint density at radius 3 is 2.92 bits per heavy atom. The Labute approximate surface area is 79.8 Å². The molecule has 0 atom stereocenters. The molecule has 0 aliphatic rings. The number of hydrogen-bond acceptors (Lipinski definition) is 3. The first kappa shape index (κ1) is 12.2. The fraction of sp³-hybridized carbons (Fsp3) is 0.700. The van der Waals surface area contributed by atoms with Crippen molar-refractivity contribution >= 4 is 6.29 Å². The van der Waals surface area contributed by atoms with Crippen LogP contribution in [0.4, 0.5) is 0 Å². The molecule has 0 bridgehead atoms. The number of ether oxygens (including phenoxy) is 1. The standard InChI is InChI=1S/C10H17NO2/c1-2-3-6-11-7-4-9-13-10-5-8-12/h1,8,11H,3-7,9-10H2. The van der Waals surface area contributed by atoms with Gasteiger partial charge < -0.3 is 14.8 Å². The summed E-state index contributed by atoms with van der Waals surface area (Å²) in [6.07, 6.45) is 8.16. The maximum Gasteiger partial charge on any atom is 0.122 e. The van der Waals surface area contributed by atoms with E-state index < -0.39 is 0 Å². The Hall–Kier alpha value is -0.850. The molecule has 0 fully saturated rings. The number of carbonyl (C=O) groups excluding carboxylic acids is 1. The van der Waals surface area contributed by atoms with Crippen LogP contribution in [0.1, 0.15) is 19.3 Å². The van der Waals surface area contributed by atoms with Crippen LogP contribution >= 0.6 is 0 Å². The molecule has 0 radical (unpaired) electrons. The van der Waals surface area contributed by atoms with E-state index in [1.807, 2.05) is 0 Å². The van der Waals surface area contributed by atoms with Crippen LogP contribution in [0.3, 0.4) is 0 Å². The smallest absolute Gasteiger partial charge is 0.122 e. The molecule has 3 nitrogen and oxygen atoms in total. The maximum absolute atomic E-state index is 9.90. The van der Waals surface area contributed by atoms with Crippen molar-refractivity contribution in [1.82, 2.24) is 5.32 Å². The number of nitrogens with one attached hydrogen (secondary N) is 1. The normalized spacial score (nSPS) is 9.46. The first-order chi connectivity index (χ1) is 6.41. The van der Waals surface area contributed by atoms with E-state index in [2.05, 4.69) is 11.2 Å². The highest BCUT2D eigenvalue weighted by atomic mass is 16.5. The Morgan fingerprint density at radius 1 is 1.38 bits per heavy atom. The van der Waals surface area contributed by atoms with Crippen LogP contribution in [-0.2, 0) is 9.53 Å². The Balaban J connectivity index is 2.84. The van der Waals surface area contributed by atoms with Crippen LogP contribution in [0.15, 0.2) is 0 Å². The summed E-state index contributed by atoms with van der Waals surface area (Å²) in [6, 6.07) is 0. The molecular formula is C10H17NO2. The SMILES string of the molecule is C#CCCNCCCOCCC=O. The summed E-state index contributed by atoms with van der Waals surface area (Å²) < 4.78 is 5.17. The molecule has 0 spiro atoms. The molecule has 0 amide bonds. The molecule has 0 aromatic rings.